The number of methoxy groups -OCH3 is 2. The van der Waals surface area contributed by atoms with E-state index < -0.39 is 0 Å². The molecule has 3 atom stereocenters. The van der Waals surface area contributed by atoms with Crippen molar-refractivity contribution in [3.63, 3.8) is 0 Å². The van der Waals surface area contributed by atoms with Gasteiger partial charge in [0.2, 0.25) is 0 Å². The predicted molar refractivity (Wildman–Crippen MR) is 57.5 cm³/mol. The van der Waals surface area contributed by atoms with Gasteiger partial charge in [-0.05, 0) is 27.2 Å². The van der Waals surface area contributed by atoms with E-state index in [1.165, 1.54) is 0 Å². The maximum atomic E-state index is 5.51. The van der Waals surface area contributed by atoms with Gasteiger partial charge < -0.3 is 9.47 Å². The van der Waals surface area contributed by atoms with E-state index >= 15 is 0 Å². The minimum absolute atomic E-state index is 0.241. The first-order valence-corrected chi connectivity index (χ1v) is 5.43. The highest BCUT2D eigenvalue weighted by atomic mass is 16.5. The Hall–Kier alpha value is -0.120. The average Bonchev–Trinajstić information content (AvgIpc) is 2.59. The fraction of sp³-hybridized carbons (Fsp3) is 1.00. The molecule has 0 saturated carbocycles. The molecular weight excluding hydrogens is 178 g/mol. The van der Waals surface area contributed by atoms with Crippen LogP contribution in [-0.4, -0.2) is 50.0 Å². The number of rotatable bonds is 4. The van der Waals surface area contributed by atoms with E-state index in [9.17, 15) is 0 Å². The largest absolute Gasteiger partial charge is 0.380 e. The lowest BCUT2D eigenvalue weighted by Gasteiger charge is -2.34. The van der Waals surface area contributed by atoms with Gasteiger partial charge >= 0.3 is 0 Å². The maximum Gasteiger partial charge on any atom is 0.0763 e. The number of nitrogens with zero attached hydrogens (tertiary/aromatic N) is 1. The van der Waals surface area contributed by atoms with Gasteiger partial charge in [-0.25, -0.2) is 0 Å². The standard InChI is InChI=1S/C11H23NO2/c1-8(2)12-7-6-10(14-5)11(12)9(3)13-4/h8-11H,6-7H2,1-5H3/t9?,10-,11?/m0/s1. The molecule has 0 N–H and O–H groups in total. The van der Waals surface area contributed by atoms with Crippen LogP contribution in [0.15, 0.2) is 0 Å². The summed E-state index contributed by atoms with van der Waals surface area (Å²) in [4.78, 5) is 2.47. The molecule has 84 valence electrons. The van der Waals surface area contributed by atoms with Crippen LogP contribution in [-0.2, 0) is 9.47 Å². The van der Waals surface area contributed by atoms with Crippen molar-refractivity contribution in [2.45, 2.75) is 51.5 Å². The summed E-state index contributed by atoms with van der Waals surface area (Å²) < 4.78 is 10.9. The third kappa shape index (κ3) is 2.27. The molecule has 0 aliphatic carbocycles. The average molecular weight is 201 g/mol. The summed E-state index contributed by atoms with van der Waals surface area (Å²) in [5.74, 6) is 0. The van der Waals surface area contributed by atoms with Gasteiger partial charge in [-0.15, -0.1) is 0 Å². The van der Waals surface area contributed by atoms with E-state index in [-0.39, 0.29) is 6.10 Å². The molecule has 0 aromatic rings. The molecule has 1 heterocycles. The van der Waals surface area contributed by atoms with Crippen molar-refractivity contribution in [3.05, 3.63) is 0 Å². The van der Waals surface area contributed by atoms with Crippen molar-refractivity contribution < 1.29 is 9.47 Å². The third-order valence-electron chi connectivity index (χ3n) is 3.25. The normalized spacial score (nSPS) is 31.3. The van der Waals surface area contributed by atoms with Crippen LogP contribution in [0.3, 0.4) is 0 Å². The Balaban J connectivity index is 2.69. The van der Waals surface area contributed by atoms with Gasteiger partial charge in [0, 0.05) is 26.8 Å². The summed E-state index contributed by atoms with van der Waals surface area (Å²) in [5.41, 5.74) is 0. The monoisotopic (exact) mass is 201 g/mol. The zero-order valence-electron chi connectivity index (χ0n) is 9.99. The molecule has 3 nitrogen and oxygen atoms in total. The van der Waals surface area contributed by atoms with Crippen LogP contribution in [0, 0.1) is 0 Å². The molecule has 0 aromatic carbocycles. The number of ether oxygens (including phenoxy) is 2. The molecule has 1 rings (SSSR count). The van der Waals surface area contributed by atoms with Gasteiger partial charge in [0.15, 0.2) is 0 Å². The maximum absolute atomic E-state index is 5.51. The minimum atomic E-state index is 0.241. The van der Waals surface area contributed by atoms with Crippen LogP contribution >= 0.6 is 0 Å². The SMILES string of the molecule is COC(C)C1[C@@H](OC)CCN1C(C)C. The summed E-state index contributed by atoms with van der Waals surface area (Å²) >= 11 is 0. The van der Waals surface area contributed by atoms with Gasteiger partial charge in [0.05, 0.1) is 18.2 Å². The Labute approximate surface area is 87.4 Å². The summed E-state index contributed by atoms with van der Waals surface area (Å²) in [6.07, 6.45) is 1.68. The highest BCUT2D eigenvalue weighted by Gasteiger charge is 2.39. The highest BCUT2D eigenvalue weighted by Crippen LogP contribution is 2.26. The lowest BCUT2D eigenvalue weighted by Crippen LogP contribution is -2.47. The predicted octanol–water partition coefficient (Wildman–Crippen LogP) is 1.52. The van der Waals surface area contributed by atoms with E-state index in [0.717, 1.165) is 13.0 Å². The Morgan fingerprint density at radius 1 is 1.21 bits per heavy atom. The third-order valence-corrected chi connectivity index (χ3v) is 3.25. The van der Waals surface area contributed by atoms with Gasteiger partial charge in [-0.3, -0.25) is 4.90 Å². The second kappa shape index (κ2) is 5.10. The van der Waals surface area contributed by atoms with Crippen molar-refractivity contribution in [2.75, 3.05) is 20.8 Å². The molecular formula is C11H23NO2. The van der Waals surface area contributed by atoms with E-state index in [2.05, 4.69) is 25.7 Å². The van der Waals surface area contributed by atoms with E-state index in [1.54, 1.807) is 14.2 Å². The lowest BCUT2D eigenvalue weighted by molar-refractivity contribution is -0.0256. The number of likely N-dealkylation sites (tertiary alicyclic amines) is 1. The van der Waals surface area contributed by atoms with Crippen LogP contribution in [0.5, 0.6) is 0 Å². The van der Waals surface area contributed by atoms with Crippen molar-refractivity contribution in [3.8, 4) is 0 Å². The van der Waals surface area contributed by atoms with Gasteiger partial charge in [0.1, 0.15) is 0 Å². The molecule has 0 radical (unpaired) electrons. The van der Waals surface area contributed by atoms with Gasteiger partial charge in [-0.2, -0.15) is 0 Å². The zero-order valence-corrected chi connectivity index (χ0v) is 9.99. The molecule has 0 aromatic heterocycles. The molecule has 1 fully saturated rings. The quantitative estimate of drug-likeness (QED) is 0.688. The first-order chi connectivity index (χ1) is 6.61. The van der Waals surface area contributed by atoms with Crippen molar-refractivity contribution >= 4 is 0 Å². The van der Waals surface area contributed by atoms with Crippen LogP contribution in [0.25, 0.3) is 0 Å². The first-order valence-electron chi connectivity index (χ1n) is 5.43. The summed E-state index contributed by atoms with van der Waals surface area (Å²) in [6, 6.07) is 0.975. The Morgan fingerprint density at radius 3 is 2.29 bits per heavy atom. The smallest absolute Gasteiger partial charge is 0.0763 e. The number of hydrogen-bond donors (Lipinski definition) is 0. The molecule has 1 aliphatic rings. The summed E-state index contributed by atoms with van der Waals surface area (Å²) in [7, 11) is 3.57. The van der Waals surface area contributed by atoms with Crippen LogP contribution in [0.4, 0.5) is 0 Å². The fourth-order valence-corrected chi connectivity index (χ4v) is 2.38. The second-order valence-corrected chi connectivity index (χ2v) is 4.33. The Morgan fingerprint density at radius 2 is 1.86 bits per heavy atom. The lowest BCUT2D eigenvalue weighted by atomic mass is 10.1. The van der Waals surface area contributed by atoms with E-state index in [4.69, 9.17) is 9.47 Å². The fourth-order valence-electron chi connectivity index (χ4n) is 2.38. The molecule has 14 heavy (non-hydrogen) atoms. The highest BCUT2D eigenvalue weighted by molar-refractivity contribution is 4.93. The van der Waals surface area contributed by atoms with Crippen molar-refractivity contribution in [1.82, 2.24) is 4.90 Å². The molecule has 1 aliphatic heterocycles. The van der Waals surface area contributed by atoms with Crippen molar-refractivity contribution in [1.29, 1.82) is 0 Å². The molecule has 0 amide bonds. The summed E-state index contributed by atoms with van der Waals surface area (Å²) in [5, 5.41) is 0. The topological polar surface area (TPSA) is 21.7 Å². The summed E-state index contributed by atoms with van der Waals surface area (Å²) in [6.45, 7) is 7.70. The minimum Gasteiger partial charge on any atom is -0.380 e. The van der Waals surface area contributed by atoms with E-state index in [1.807, 2.05) is 0 Å². The molecule has 0 bridgehead atoms. The van der Waals surface area contributed by atoms with Gasteiger partial charge in [0.25, 0.3) is 0 Å². The van der Waals surface area contributed by atoms with Crippen LogP contribution in [0.2, 0.25) is 0 Å². The van der Waals surface area contributed by atoms with Crippen LogP contribution < -0.4 is 0 Å². The van der Waals surface area contributed by atoms with E-state index in [0.29, 0.717) is 18.2 Å². The second-order valence-electron chi connectivity index (χ2n) is 4.33. The molecule has 0 spiro atoms. The van der Waals surface area contributed by atoms with Crippen molar-refractivity contribution in [2.24, 2.45) is 0 Å². The van der Waals surface area contributed by atoms with Gasteiger partial charge in [-0.1, -0.05) is 0 Å². The first kappa shape index (κ1) is 12.0. The number of hydrogen-bond acceptors (Lipinski definition) is 3. The zero-order chi connectivity index (χ0) is 10.7. The Kier molecular flexibility index (Phi) is 4.35. The van der Waals surface area contributed by atoms with Crippen LogP contribution in [0.1, 0.15) is 27.2 Å². The Bertz CT molecular complexity index is 173. The molecule has 1 saturated heterocycles. The molecule has 2 unspecified atom stereocenters. The molecule has 3 heteroatoms.